The summed E-state index contributed by atoms with van der Waals surface area (Å²) in [5.74, 6) is -0.172. The summed E-state index contributed by atoms with van der Waals surface area (Å²) in [4.78, 5) is 23.6. The number of carbonyl (C=O) groups is 2. The van der Waals surface area contributed by atoms with Crippen LogP contribution in [0.3, 0.4) is 0 Å². The summed E-state index contributed by atoms with van der Waals surface area (Å²) in [5.41, 5.74) is 2.28. The maximum atomic E-state index is 12.1. The molecule has 2 aromatic carbocycles. The van der Waals surface area contributed by atoms with Crippen LogP contribution in [0, 0.1) is 0 Å². The number of benzene rings is 2. The largest absolute Gasteiger partial charge is 0.333 e. The standard InChI is InChI=1S/C18H20N2O2/c1-13(15-8-4-3-5-9-15)19-12-18(22)20-17-11-7-6-10-16(17)14(2)21/h3-11,13,19H,12H2,1-2H3,(H,20,22)/p+1/t13-/m1/s1. The van der Waals surface area contributed by atoms with Crippen molar-refractivity contribution in [2.75, 3.05) is 11.9 Å². The summed E-state index contributed by atoms with van der Waals surface area (Å²) in [6.07, 6.45) is 0. The highest BCUT2D eigenvalue weighted by Gasteiger charge is 2.13. The van der Waals surface area contributed by atoms with E-state index in [0.717, 1.165) is 0 Å². The summed E-state index contributed by atoms with van der Waals surface area (Å²) in [6.45, 7) is 3.86. The van der Waals surface area contributed by atoms with E-state index in [9.17, 15) is 9.59 Å². The zero-order chi connectivity index (χ0) is 15.9. The number of para-hydroxylation sites is 1. The van der Waals surface area contributed by atoms with Gasteiger partial charge in [0.1, 0.15) is 6.04 Å². The van der Waals surface area contributed by atoms with Gasteiger partial charge in [0, 0.05) is 11.1 Å². The highest BCUT2D eigenvalue weighted by Crippen LogP contribution is 2.15. The normalized spacial score (nSPS) is 11.7. The second kappa shape index (κ2) is 7.52. The molecule has 0 saturated carbocycles. The van der Waals surface area contributed by atoms with Crippen molar-refractivity contribution < 1.29 is 14.9 Å². The first-order valence-corrected chi connectivity index (χ1v) is 7.36. The molecular formula is C18H21N2O2+. The Morgan fingerprint density at radius 2 is 1.68 bits per heavy atom. The van der Waals surface area contributed by atoms with Gasteiger partial charge in [-0.2, -0.15) is 0 Å². The topological polar surface area (TPSA) is 62.8 Å². The van der Waals surface area contributed by atoms with Crippen molar-refractivity contribution >= 4 is 17.4 Å². The fourth-order valence-electron chi connectivity index (χ4n) is 2.28. The number of nitrogens with two attached hydrogens (primary N) is 1. The summed E-state index contributed by atoms with van der Waals surface area (Å²) in [6, 6.07) is 17.3. The Balaban J connectivity index is 1.93. The van der Waals surface area contributed by atoms with Gasteiger partial charge in [-0.25, -0.2) is 0 Å². The van der Waals surface area contributed by atoms with Gasteiger partial charge in [-0.1, -0.05) is 42.5 Å². The van der Waals surface area contributed by atoms with Gasteiger partial charge in [0.25, 0.3) is 5.91 Å². The number of rotatable bonds is 6. The lowest BCUT2D eigenvalue weighted by molar-refractivity contribution is -0.682. The third kappa shape index (κ3) is 4.27. The van der Waals surface area contributed by atoms with Crippen molar-refractivity contribution in [1.82, 2.24) is 0 Å². The number of Topliss-reactive ketones (excluding diaryl/α,β-unsaturated/α-hetero) is 1. The molecule has 0 heterocycles. The van der Waals surface area contributed by atoms with Gasteiger partial charge in [0.05, 0.1) is 5.69 Å². The van der Waals surface area contributed by atoms with Gasteiger partial charge in [0.2, 0.25) is 0 Å². The quantitative estimate of drug-likeness (QED) is 0.803. The average Bonchev–Trinajstić information content (AvgIpc) is 2.53. The third-order valence-electron chi connectivity index (χ3n) is 3.56. The minimum absolute atomic E-state index is 0.0578. The van der Waals surface area contributed by atoms with Crippen LogP contribution in [0.4, 0.5) is 5.69 Å². The average molecular weight is 297 g/mol. The van der Waals surface area contributed by atoms with Crippen LogP contribution in [0.15, 0.2) is 54.6 Å². The maximum absolute atomic E-state index is 12.1. The van der Waals surface area contributed by atoms with Crippen LogP contribution in [0.25, 0.3) is 0 Å². The Labute approximate surface area is 130 Å². The summed E-state index contributed by atoms with van der Waals surface area (Å²) < 4.78 is 0. The van der Waals surface area contributed by atoms with Crippen molar-refractivity contribution in [3.05, 3.63) is 65.7 Å². The Morgan fingerprint density at radius 1 is 1.05 bits per heavy atom. The van der Waals surface area contributed by atoms with E-state index in [2.05, 4.69) is 12.2 Å². The van der Waals surface area contributed by atoms with Gasteiger partial charge < -0.3 is 10.6 Å². The fourth-order valence-corrected chi connectivity index (χ4v) is 2.28. The molecule has 0 fully saturated rings. The Morgan fingerprint density at radius 3 is 2.36 bits per heavy atom. The molecule has 0 spiro atoms. The zero-order valence-corrected chi connectivity index (χ0v) is 12.9. The van der Waals surface area contributed by atoms with Gasteiger partial charge in [-0.05, 0) is 26.0 Å². The number of anilines is 1. The van der Waals surface area contributed by atoms with Crippen LogP contribution in [0.2, 0.25) is 0 Å². The highest BCUT2D eigenvalue weighted by molar-refractivity contribution is 6.03. The Kier molecular flexibility index (Phi) is 5.44. The molecule has 2 rings (SSSR count). The first kappa shape index (κ1) is 15.9. The number of amides is 1. The molecule has 3 N–H and O–H groups in total. The van der Waals surface area contributed by atoms with Gasteiger partial charge in [-0.15, -0.1) is 0 Å². The van der Waals surface area contributed by atoms with Gasteiger partial charge >= 0.3 is 0 Å². The molecule has 4 heteroatoms. The molecule has 114 valence electrons. The molecule has 0 aliphatic heterocycles. The lowest BCUT2D eigenvalue weighted by atomic mass is 10.1. The van der Waals surface area contributed by atoms with Crippen molar-refractivity contribution in [1.29, 1.82) is 0 Å². The molecule has 0 aliphatic rings. The third-order valence-corrected chi connectivity index (χ3v) is 3.56. The molecule has 0 unspecified atom stereocenters. The smallest absolute Gasteiger partial charge is 0.279 e. The predicted octanol–water partition coefficient (Wildman–Crippen LogP) is 2.15. The number of ketones is 1. The van der Waals surface area contributed by atoms with Crippen molar-refractivity contribution in [2.45, 2.75) is 19.9 Å². The lowest BCUT2D eigenvalue weighted by Gasteiger charge is -2.12. The SMILES string of the molecule is CC(=O)c1ccccc1NC(=O)C[NH2+][C@H](C)c1ccccc1. The second-order valence-electron chi connectivity index (χ2n) is 5.29. The van der Waals surface area contributed by atoms with E-state index >= 15 is 0 Å². The fraction of sp³-hybridized carbons (Fsp3) is 0.222. The number of hydrogen-bond donors (Lipinski definition) is 2. The highest BCUT2D eigenvalue weighted by atomic mass is 16.2. The monoisotopic (exact) mass is 297 g/mol. The van der Waals surface area contributed by atoms with E-state index in [0.29, 0.717) is 17.8 Å². The number of carbonyl (C=O) groups excluding carboxylic acids is 2. The minimum Gasteiger partial charge on any atom is -0.333 e. The molecule has 1 amide bonds. The second-order valence-corrected chi connectivity index (χ2v) is 5.29. The molecule has 1 atom stereocenters. The molecule has 0 bridgehead atoms. The molecule has 4 nitrogen and oxygen atoms in total. The number of nitrogens with one attached hydrogen (secondary N) is 1. The van der Waals surface area contributed by atoms with Crippen LogP contribution < -0.4 is 10.6 Å². The Bertz CT molecular complexity index is 653. The van der Waals surface area contributed by atoms with E-state index in [-0.39, 0.29) is 17.7 Å². The lowest BCUT2D eigenvalue weighted by Crippen LogP contribution is -2.86. The molecule has 2 aromatic rings. The number of quaternary nitrogens is 1. The van der Waals surface area contributed by atoms with Crippen LogP contribution in [0.5, 0.6) is 0 Å². The van der Waals surface area contributed by atoms with E-state index in [1.807, 2.05) is 35.6 Å². The summed E-state index contributed by atoms with van der Waals surface area (Å²) in [5, 5.41) is 4.78. The zero-order valence-electron chi connectivity index (χ0n) is 12.9. The summed E-state index contributed by atoms with van der Waals surface area (Å²) >= 11 is 0. The van der Waals surface area contributed by atoms with E-state index < -0.39 is 0 Å². The van der Waals surface area contributed by atoms with Crippen molar-refractivity contribution in [3.8, 4) is 0 Å². The molecule has 0 saturated heterocycles. The molecule has 0 radical (unpaired) electrons. The van der Waals surface area contributed by atoms with Crippen LogP contribution in [0.1, 0.15) is 35.8 Å². The number of hydrogen-bond acceptors (Lipinski definition) is 2. The summed E-state index contributed by atoms with van der Waals surface area (Å²) in [7, 11) is 0. The van der Waals surface area contributed by atoms with Crippen LogP contribution >= 0.6 is 0 Å². The minimum atomic E-state index is -0.114. The van der Waals surface area contributed by atoms with Gasteiger partial charge in [0.15, 0.2) is 12.3 Å². The van der Waals surface area contributed by atoms with Crippen molar-refractivity contribution in [2.24, 2.45) is 0 Å². The van der Waals surface area contributed by atoms with Crippen LogP contribution in [-0.2, 0) is 4.79 Å². The first-order valence-electron chi connectivity index (χ1n) is 7.36. The maximum Gasteiger partial charge on any atom is 0.279 e. The first-order chi connectivity index (χ1) is 10.6. The predicted molar refractivity (Wildman–Crippen MR) is 86.7 cm³/mol. The van der Waals surface area contributed by atoms with Crippen molar-refractivity contribution in [3.63, 3.8) is 0 Å². The van der Waals surface area contributed by atoms with E-state index in [1.165, 1.54) is 12.5 Å². The molecule has 0 aliphatic carbocycles. The van der Waals surface area contributed by atoms with Crippen LogP contribution in [-0.4, -0.2) is 18.2 Å². The molecule has 22 heavy (non-hydrogen) atoms. The van der Waals surface area contributed by atoms with E-state index in [1.54, 1.807) is 24.3 Å². The molecule has 0 aromatic heterocycles. The molecular weight excluding hydrogens is 276 g/mol. The Hall–Kier alpha value is -2.46. The van der Waals surface area contributed by atoms with Gasteiger partial charge in [-0.3, -0.25) is 9.59 Å². The van der Waals surface area contributed by atoms with E-state index in [4.69, 9.17) is 0 Å².